The van der Waals surface area contributed by atoms with Crippen LogP contribution in [-0.4, -0.2) is 53.3 Å². The summed E-state index contributed by atoms with van der Waals surface area (Å²) in [7, 11) is 4.84. The molecule has 3 aromatic carbocycles. The number of carbonyl (C=O) groups excluding carboxylic acids is 1. The van der Waals surface area contributed by atoms with Crippen molar-refractivity contribution in [1.29, 1.82) is 0 Å². The minimum Gasteiger partial charge on any atom is -0.497 e. The van der Waals surface area contributed by atoms with Crippen molar-refractivity contribution >= 4 is 39.6 Å². The molecule has 0 fully saturated rings. The fraction of sp³-hybridized carbons (Fsp3) is 0.300. The molecule has 0 unspecified atom stereocenters. The van der Waals surface area contributed by atoms with Crippen molar-refractivity contribution in [3.05, 3.63) is 59.8 Å². The molecule has 0 spiro atoms. The van der Waals surface area contributed by atoms with E-state index in [1.54, 1.807) is 28.3 Å². The second kappa shape index (κ2) is 11.4. The first kappa shape index (κ1) is 27.3. The topological polar surface area (TPSA) is 93.9 Å². The summed E-state index contributed by atoms with van der Waals surface area (Å²) in [5, 5.41) is 0.806. The number of esters is 1. The van der Waals surface area contributed by atoms with Gasteiger partial charge in [0.25, 0.3) is 0 Å². The molecule has 0 atom stereocenters. The first-order valence-corrected chi connectivity index (χ1v) is 13.6. The van der Waals surface area contributed by atoms with Crippen molar-refractivity contribution in [1.82, 2.24) is 13.3 Å². The van der Waals surface area contributed by atoms with Crippen LogP contribution in [0.5, 0.6) is 23.0 Å². The monoisotopic (exact) mass is 561 g/mol. The Kier molecular flexibility index (Phi) is 7.79. The van der Waals surface area contributed by atoms with Crippen molar-refractivity contribution in [2.45, 2.75) is 33.4 Å². The van der Waals surface area contributed by atoms with E-state index in [1.165, 1.54) is 0 Å². The van der Waals surface area contributed by atoms with Gasteiger partial charge in [0, 0.05) is 22.6 Å². The Labute approximate surface area is 236 Å². The molecule has 0 aliphatic carbocycles. The SMILES string of the molecule is CCOC(=O)c1c(-c2ccc3nsnc3c2)c2cc(OC)c(OC(C)C)cc2n1Cc1cc(OC)ccc1OC. The molecule has 5 rings (SSSR count). The second-order valence-corrected chi connectivity index (χ2v) is 9.89. The molecule has 2 aromatic heterocycles. The van der Waals surface area contributed by atoms with Crippen LogP contribution in [0.2, 0.25) is 0 Å². The van der Waals surface area contributed by atoms with Gasteiger partial charge in [-0.3, -0.25) is 0 Å². The summed E-state index contributed by atoms with van der Waals surface area (Å²) in [5.41, 5.74) is 5.06. The quantitative estimate of drug-likeness (QED) is 0.182. The highest BCUT2D eigenvalue weighted by Gasteiger charge is 2.28. The molecule has 0 N–H and O–H groups in total. The van der Waals surface area contributed by atoms with Gasteiger partial charge >= 0.3 is 5.97 Å². The number of benzene rings is 3. The molecule has 0 bridgehead atoms. The van der Waals surface area contributed by atoms with Gasteiger partial charge in [-0.25, -0.2) is 4.79 Å². The van der Waals surface area contributed by atoms with Crippen molar-refractivity contribution in [3.8, 4) is 34.1 Å². The molecular formula is C30H31N3O6S. The molecule has 0 saturated carbocycles. The highest BCUT2D eigenvalue weighted by molar-refractivity contribution is 7.00. The summed E-state index contributed by atoms with van der Waals surface area (Å²) in [6.07, 6.45) is -0.0863. The van der Waals surface area contributed by atoms with Gasteiger partial charge in [-0.05, 0) is 62.7 Å². The lowest BCUT2D eigenvalue weighted by molar-refractivity contribution is 0.0516. The molecular weight excluding hydrogens is 530 g/mol. The summed E-state index contributed by atoms with van der Waals surface area (Å²) in [6.45, 7) is 6.23. The van der Waals surface area contributed by atoms with Gasteiger partial charge in [-0.2, -0.15) is 8.75 Å². The van der Waals surface area contributed by atoms with Crippen molar-refractivity contribution in [2.24, 2.45) is 0 Å². The Bertz CT molecular complexity index is 1690. The second-order valence-electron chi connectivity index (χ2n) is 9.36. The Hall–Kier alpha value is -4.31. The number of hydrogen-bond donors (Lipinski definition) is 0. The molecule has 5 aromatic rings. The summed E-state index contributed by atoms with van der Waals surface area (Å²) in [4.78, 5) is 13.7. The van der Waals surface area contributed by atoms with Gasteiger partial charge in [0.05, 0.1) is 57.8 Å². The maximum Gasteiger partial charge on any atom is 0.355 e. The first-order valence-electron chi connectivity index (χ1n) is 12.9. The molecule has 0 saturated heterocycles. The third-order valence-electron chi connectivity index (χ3n) is 6.54. The Morgan fingerprint density at radius 3 is 2.38 bits per heavy atom. The smallest absolute Gasteiger partial charge is 0.355 e. The first-order chi connectivity index (χ1) is 19.4. The third-order valence-corrected chi connectivity index (χ3v) is 7.10. The number of ether oxygens (including phenoxy) is 5. The van der Waals surface area contributed by atoms with Gasteiger partial charge < -0.3 is 28.3 Å². The normalized spacial score (nSPS) is 11.3. The van der Waals surface area contributed by atoms with Gasteiger partial charge in [0.2, 0.25) is 0 Å². The lowest BCUT2D eigenvalue weighted by atomic mass is 10.0. The molecule has 0 aliphatic rings. The van der Waals surface area contributed by atoms with Crippen molar-refractivity contribution in [2.75, 3.05) is 27.9 Å². The number of hydrogen-bond acceptors (Lipinski definition) is 9. The molecule has 40 heavy (non-hydrogen) atoms. The van der Waals surface area contributed by atoms with Crippen molar-refractivity contribution < 1.29 is 28.5 Å². The van der Waals surface area contributed by atoms with Crippen LogP contribution >= 0.6 is 11.7 Å². The summed E-state index contributed by atoms with van der Waals surface area (Å²) < 4.78 is 39.4. The fourth-order valence-electron chi connectivity index (χ4n) is 4.84. The van der Waals surface area contributed by atoms with Gasteiger partial charge in [-0.15, -0.1) is 0 Å². The van der Waals surface area contributed by atoms with E-state index in [2.05, 4.69) is 8.75 Å². The van der Waals surface area contributed by atoms with E-state index in [0.717, 1.165) is 44.8 Å². The standard InChI is InChI=1S/C30H31N3O6S/c1-7-38-30(34)29-28(18-8-10-22-23(13-18)32-40-31-22)21-14-26(37-6)27(39-17(2)3)15-24(21)33(29)16-19-12-20(35-4)9-11-25(19)36-5/h8-15,17H,7,16H2,1-6H3. The molecule has 208 valence electrons. The highest BCUT2D eigenvalue weighted by Crippen LogP contribution is 2.43. The van der Waals surface area contributed by atoms with E-state index in [1.807, 2.05) is 66.9 Å². The van der Waals surface area contributed by atoms with Crippen LogP contribution in [-0.2, 0) is 11.3 Å². The Morgan fingerprint density at radius 1 is 0.900 bits per heavy atom. The zero-order valence-electron chi connectivity index (χ0n) is 23.3. The molecule has 9 nitrogen and oxygen atoms in total. The highest BCUT2D eigenvalue weighted by atomic mass is 32.1. The van der Waals surface area contributed by atoms with Crippen LogP contribution in [0.15, 0.2) is 48.5 Å². The van der Waals surface area contributed by atoms with Gasteiger partial charge in [0.15, 0.2) is 11.5 Å². The van der Waals surface area contributed by atoms with E-state index in [9.17, 15) is 4.79 Å². The maximum atomic E-state index is 13.7. The van der Waals surface area contributed by atoms with E-state index in [-0.39, 0.29) is 12.7 Å². The zero-order chi connectivity index (χ0) is 28.4. The van der Waals surface area contributed by atoms with E-state index in [4.69, 9.17) is 23.7 Å². The van der Waals surface area contributed by atoms with Gasteiger partial charge in [0.1, 0.15) is 28.2 Å². The lowest BCUT2D eigenvalue weighted by Crippen LogP contribution is -2.14. The number of rotatable bonds is 10. The Balaban J connectivity index is 1.86. The molecule has 0 radical (unpaired) electrons. The number of aromatic nitrogens is 3. The van der Waals surface area contributed by atoms with Crippen LogP contribution in [0.3, 0.4) is 0 Å². The van der Waals surface area contributed by atoms with Crippen LogP contribution in [0.25, 0.3) is 33.1 Å². The maximum absolute atomic E-state index is 13.7. The predicted octanol–water partition coefficient (Wildman–Crippen LogP) is 6.35. The number of carbonyl (C=O) groups is 1. The van der Waals surface area contributed by atoms with E-state index >= 15 is 0 Å². The molecule has 0 amide bonds. The minimum absolute atomic E-state index is 0.0863. The van der Waals surface area contributed by atoms with Crippen LogP contribution in [0, 0.1) is 0 Å². The van der Waals surface area contributed by atoms with E-state index in [0.29, 0.717) is 40.8 Å². The predicted molar refractivity (Wildman–Crippen MR) is 155 cm³/mol. The largest absolute Gasteiger partial charge is 0.497 e. The van der Waals surface area contributed by atoms with Crippen LogP contribution in [0.1, 0.15) is 36.8 Å². The average Bonchev–Trinajstić information content (AvgIpc) is 3.54. The zero-order valence-corrected chi connectivity index (χ0v) is 24.1. The number of methoxy groups -OCH3 is 3. The molecule has 0 aliphatic heterocycles. The van der Waals surface area contributed by atoms with Crippen LogP contribution < -0.4 is 18.9 Å². The van der Waals surface area contributed by atoms with Crippen LogP contribution in [0.4, 0.5) is 0 Å². The lowest BCUT2D eigenvalue weighted by Gasteiger charge is -2.16. The van der Waals surface area contributed by atoms with E-state index < -0.39 is 5.97 Å². The number of nitrogens with zero attached hydrogens (tertiary/aromatic N) is 3. The summed E-state index contributed by atoms with van der Waals surface area (Å²) in [5.74, 6) is 2.03. The minimum atomic E-state index is -0.447. The third kappa shape index (κ3) is 5.02. The number of fused-ring (bicyclic) bond motifs is 2. The molecule has 2 heterocycles. The van der Waals surface area contributed by atoms with Gasteiger partial charge in [-0.1, -0.05) is 6.07 Å². The Morgan fingerprint density at radius 2 is 1.68 bits per heavy atom. The fourth-order valence-corrected chi connectivity index (χ4v) is 5.36. The van der Waals surface area contributed by atoms with Crippen molar-refractivity contribution in [3.63, 3.8) is 0 Å². The summed E-state index contributed by atoms with van der Waals surface area (Å²) in [6, 6.07) is 15.2. The summed E-state index contributed by atoms with van der Waals surface area (Å²) >= 11 is 1.15. The molecule has 10 heteroatoms. The average molecular weight is 562 g/mol.